The van der Waals surface area contributed by atoms with Gasteiger partial charge in [-0.3, -0.25) is 0 Å². The van der Waals surface area contributed by atoms with E-state index in [1.54, 1.807) is 0 Å². The molecule has 1 aromatic rings. The maximum Gasteiger partial charge on any atom is 1.00 e. The molecule has 0 spiro atoms. The third-order valence-electron chi connectivity index (χ3n) is 1.64. The summed E-state index contributed by atoms with van der Waals surface area (Å²) >= 11 is 0.427. The molecule has 0 aliphatic heterocycles. The van der Waals surface area contributed by atoms with Gasteiger partial charge in [-0.05, 0) is 13.0 Å². The Morgan fingerprint density at radius 3 is 2.33 bits per heavy atom. The predicted molar refractivity (Wildman–Crippen MR) is 49.1 cm³/mol. The fourth-order valence-corrected chi connectivity index (χ4v) is 2.02. The average molecular weight is 262 g/mol. The number of aryl methyl sites for hydroxylation is 1. The molecule has 2 nitrogen and oxygen atoms in total. The minimum Gasteiger partial charge on any atom is -0.465 e. The van der Waals surface area contributed by atoms with Crippen LogP contribution in [0.3, 0.4) is 0 Å². The van der Waals surface area contributed by atoms with Crippen molar-refractivity contribution in [2.45, 2.75) is 6.92 Å². The van der Waals surface area contributed by atoms with Crippen LogP contribution < -0.4 is 56.2 Å². The molecular weight excluding hydrogens is 255 g/mol. The smallest absolute Gasteiger partial charge is 0.465 e. The number of thiophene rings is 1. The van der Waals surface area contributed by atoms with Crippen molar-refractivity contribution in [2.24, 2.45) is 0 Å². The first-order chi connectivity index (χ1) is 6.36. The molecule has 0 saturated heterocycles. The normalized spacial score (nSPS) is 10.7. The van der Waals surface area contributed by atoms with Crippen molar-refractivity contribution in [1.82, 2.24) is 0 Å². The van der Waals surface area contributed by atoms with Crippen LogP contribution >= 0.6 is 11.3 Å². The molecule has 8 heteroatoms. The number of methoxy groups -OCH3 is 1. The Morgan fingerprint density at radius 2 is 2.00 bits per heavy atom. The maximum atomic E-state index is 12.4. The van der Waals surface area contributed by atoms with Gasteiger partial charge < -0.3 is 17.7 Å². The van der Waals surface area contributed by atoms with Gasteiger partial charge >= 0.3 is 64.3 Å². The largest absolute Gasteiger partial charge is 1.00 e. The van der Waals surface area contributed by atoms with Crippen molar-refractivity contribution in [3.05, 3.63) is 16.5 Å². The number of hydrogen-bond acceptors (Lipinski definition) is 3. The van der Waals surface area contributed by atoms with E-state index in [9.17, 15) is 17.7 Å². The van der Waals surface area contributed by atoms with Crippen LogP contribution in [0.15, 0.2) is 6.07 Å². The number of ether oxygens (including phenoxy) is 1. The third-order valence-corrected chi connectivity index (χ3v) is 2.95. The van der Waals surface area contributed by atoms with Crippen LogP contribution in [0.4, 0.5) is 12.9 Å². The quantitative estimate of drug-likeness (QED) is 0.499. The van der Waals surface area contributed by atoms with E-state index < -0.39 is 17.7 Å². The first-order valence-electron chi connectivity index (χ1n) is 3.75. The monoisotopic (exact) mass is 262 g/mol. The summed E-state index contributed by atoms with van der Waals surface area (Å²) in [5.74, 6) is -0.732. The van der Waals surface area contributed by atoms with Crippen LogP contribution in [0.1, 0.15) is 15.2 Å². The molecule has 0 fully saturated rings. The predicted octanol–water partition coefficient (Wildman–Crippen LogP) is -1.10. The van der Waals surface area contributed by atoms with Crippen molar-refractivity contribution in [3.8, 4) is 0 Å². The molecule has 0 aliphatic rings. The fourth-order valence-electron chi connectivity index (χ4n) is 1.02. The number of rotatable bonds is 2. The Labute approximate surface area is 132 Å². The molecule has 0 N–H and O–H groups in total. The minimum absolute atomic E-state index is 0. The number of esters is 1. The van der Waals surface area contributed by atoms with Crippen molar-refractivity contribution in [1.29, 1.82) is 0 Å². The van der Waals surface area contributed by atoms with Crippen LogP contribution in [0.5, 0.6) is 0 Å². The summed E-state index contributed by atoms with van der Waals surface area (Å²) in [6.07, 6.45) is 0. The first-order valence-corrected chi connectivity index (χ1v) is 4.56. The van der Waals surface area contributed by atoms with E-state index in [0.717, 1.165) is 7.11 Å². The van der Waals surface area contributed by atoms with Gasteiger partial charge in [0, 0.05) is 0 Å². The SMILES string of the molecule is COC(=O)c1cc(C)c([B-](F)(F)F)s1.[K+]. The Hall–Kier alpha value is 0.661. The molecule has 0 radical (unpaired) electrons. The molecule has 0 bridgehead atoms. The third kappa shape index (κ3) is 3.86. The second-order valence-electron chi connectivity index (χ2n) is 2.72. The Balaban J connectivity index is 0.00000196. The number of carbonyl (C=O) groups excluding carboxylic acids is 1. The molecule has 0 saturated carbocycles. The van der Waals surface area contributed by atoms with Gasteiger partial charge in [-0.2, -0.15) is 11.3 Å². The van der Waals surface area contributed by atoms with Crippen LogP contribution in [-0.2, 0) is 4.74 Å². The van der Waals surface area contributed by atoms with E-state index in [1.165, 1.54) is 13.0 Å². The maximum absolute atomic E-state index is 12.4. The molecule has 0 amide bonds. The molecule has 78 valence electrons. The van der Waals surface area contributed by atoms with E-state index >= 15 is 0 Å². The van der Waals surface area contributed by atoms with Gasteiger partial charge in [0.15, 0.2) is 0 Å². The molecule has 0 unspecified atom stereocenters. The van der Waals surface area contributed by atoms with E-state index in [2.05, 4.69) is 4.74 Å². The second kappa shape index (κ2) is 5.83. The van der Waals surface area contributed by atoms with Crippen LogP contribution in [0.2, 0.25) is 0 Å². The molecule has 1 aromatic heterocycles. The molecule has 1 rings (SSSR count). The van der Waals surface area contributed by atoms with E-state index in [-0.39, 0.29) is 61.8 Å². The summed E-state index contributed by atoms with van der Waals surface area (Å²) in [5, 5.41) is 0. The van der Waals surface area contributed by atoms with Crippen LogP contribution in [0.25, 0.3) is 0 Å². The van der Waals surface area contributed by atoms with Gasteiger partial charge in [-0.15, -0.1) is 0 Å². The number of halogens is 3. The molecule has 0 aliphatic carbocycles. The second-order valence-corrected chi connectivity index (χ2v) is 3.81. The van der Waals surface area contributed by atoms with Gasteiger partial charge in [0.05, 0.1) is 7.11 Å². The molecule has 15 heavy (non-hydrogen) atoms. The van der Waals surface area contributed by atoms with Crippen molar-refractivity contribution < 1.29 is 73.9 Å². The fraction of sp³-hybridized carbons (Fsp3) is 0.286. The van der Waals surface area contributed by atoms with Gasteiger partial charge in [-0.1, -0.05) is 10.3 Å². The number of carbonyl (C=O) groups is 1. The van der Waals surface area contributed by atoms with Crippen molar-refractivity contribution >= 4 is 29.1 Å². The molecular formula is C7H7BF3KO2S. The summed E-state index contributed by atoms with van der Waals surface area (Å²) < 4.78 is 40.7. The van der Waals surface area contributed by atoms with E-state index in [0.29, 0.717) is 11.3 Å². The standard InChI is InChI=1S/C7H7BF3O2S.K/c1-4-3-5(7(12)13-2)14-6(4)8(9,10)11;/h3H,1-2H3;/q-1;+1. The Morgan fingerprint density at radius 1 is 1.47 bits per heavy atom. The Kier molecular flexibility index (Phi) is 6.09. The van der Waals surface area contributed by atoms with Gasteiger partial charge in [0.25, 0.3) is 0 Å². The molecule has 0 aromatic carbocycles. The summed E-state index contributed by atoms with van der Waals surface area (Å²) in [7, 11) is 1.13. The zero-order chi connectivity index (χ0) is 10.9. The Bertz CT molecular complexity index is 364. The zero-order valence-electron chi connectivity index (χ0n) is 8.51. The minimum atomic E-state index is -5.03. The average Bonchev–Trinajstić information content (AvgIpc) is 2.45. The summed E-state index contributed by atoms with van der Waals surface area (Å²) in [6.45, 7) is -3.71. The molecule has 0 atom stereocenters. The summed E-state index contributed by atoms with van der Waals surface area (Å²) in [6, 6.07) is 1.20. The van der Waals surface area contributed by atoms with Crippen LogP contribution in [0, 0.1) is 6.92 Å². The summed E-state index contributed by atoms with van der Waals surface area (Å²) in [4.78, 5) is 10.9. The van der Waals surface area contributed by atoms with Crippen molar-refractivity contribution in [2.75, 3.05) is 7.11 Å². The topological polar surface area (TPSA) is 26.3 Å². The van der Waals surface area contributed by atoms with E-state index in [1.807, 2.05) is 0 Å². The van der Waals surface area contributed by atoms with Gasteiger partial charge in [0.2, 0.25) is 0 Å². The first kappa shape index (κ1) is 15.7. The number of hydrogen-bond donors (Lipinski definition) is 0. The van der Waals surface area contributed by atoms with Gasteiger partial charge in [-0.25, -0.2) is 4.79 Å². The summed E-state index contributed by atoms with van der Waals surface area (Å²) in [5.41, 5.74) is 0.0721. The van der Waals surface area contributed by atoms with Gasteiger partial charge in [0.1, 0.15) is 4.88 Å². The van der Waals surface area contributed by atoms with Crippen LogP contribution in [-0.4, -0.2) is 20.1 Å². The van der Waals surface area contributed by atoms with E-state index in [4.69, 9.17) is 0 Å². The molecule has 1 heterocycles. The zero-order valence-corrected chi connectivity index (χ0v) is 12.5. The van der Waals surface area contributed by atoms with Crippen molar-refractivity contribution in [3.63, 3.8) is 0 Å².